The molecule has 0 spiro atoms. The zero-order chi connectivity index (χ0) is 20.1. The van der Waals surface area contributed by atoms with Gasteiger partial charge in [-0.2, -0.15) is 5.10 Å². The third-order valence-corrected chi connectivity index (χ3v) is 4.38. The van der Waals surface area contributed by atoms with E-state index in [2.05, 4.69) is 20.4 Å². The van der Waals surface area contributed by atoms with E-state index in [0.717, 1.165) is 22.5 Å². The number of carbonyl (C=O) groups excluding carboxylic acids is 1. The molecule has 0 aliphatic carbocycles. The van der Waals surface area contributed by atoms with E-state index in [0.29, 0.717) is 18.8 Å². The van der Waals surface area contributed by atoms with Crippen LogP contribution < -0.4 is 5.32 Å². The first-order chi connectivity index (χ1) is 14.2. The lowest BCUT2D eigenvalue weighted by Crippen LogP contribution is -2.28. The summed E-state index contributed by atoms with van der Waals surface area (Å²) in [6, 6.07) is 17.1. The number of nitrogens with zero attached hydrogens (tertiary/aromatic N) is 4. The predicted octanol–water partition coefficient (Wildman–Crippen LogP) is 3.58. The first kappa shape index (κ1) is 18.5. The van der Waals surface area contributed by atoms with E-state index in [1.165, 1.54) is 12.1 Å². The highest BCUT2D eigenvalue weighted by Gasteiger charge is 2.13. The van der Waals surface area contributed by atoms with Gasteiger partial charge in [0.2, 0.25) is 0 Å². The molecule has 3 aromatic heterocycles. The minimum absolute atomic E-state index is 0.237. The average molecular weight is 387 g/mol. The number of rotatable bonds is 6. The second-order valence-corrected chi connectivity index (χ2v) is 6.36. The zero-order valence-electron chi connectivity index (χ0n) is 15.5. The molecule has 3 heterocycles. The van der Waals surface area contributed by atoms with E-state index in [1.54, 1.807) is 48.9 Å². The number of nitrogens with one attached hydrogen (secondary N) is 1. The fourth-order valence-corrected chi connectivity index (χ4v) is 2.96. The molecule has 4 rings (SSSR count). The van der Waals surface area contributed by atoms with E-state index in [1.807, 2.05) is 22.9 Å². The normalized spacial score (nSPS) is 10.7. The fourth-order valence-electron chi connectivity index (χ4n) is 2.96. The van der Waals surface area contributed by atoms with Crippen molar-refractivity contribution < 1.29 is 9.18 Å². The summed E-state index contributed by atoms with van der Waals surface area (Å²) in [4.78, 5) is 20.4. The van der Waals surface area contributed by atoms with Gasteiger partial charge < -0.3 is 5.32 Å². The minimum Gasteiger partial charge on any atom is -0.349 e. The summed E-state index contributed by atoms with van der Waals surface area (Å²) in [5.74, 6) is -0.530. The maximum Gasteiger partial charge on any atom is 0.269 e. The highest BCUT2D eigenvalue weighted by molar-refractivity contribution is 5.92. The van der Waals surface area contributed by atoms with Gasteiger partial charge in [-0.3, -0.25) is 19.4 Å². The predicted molar refractivity (Wildman–Crippen MR) is 107 cm³/mol. The summed E-state index contributed by atoms with van der Waals surface area (Å²) in [5.41, 5.74) is 3.68. The zero-order valence-corrected chi connectivity index (χ0v) is 15.5. The lowest BCUT2D eigenvalue weighted by Gasteiger charge is -2.08. The smallest absolute Gasteiger partial charge is 0.269 e. The van der Waals surface area contributed by atoms with Gasteiger partial charge in [0.1, 0.15) is 11.5 Å². The summed E-state index contributed by atoms with van der Waals surface area (Å²) < 4.78 is 15.1. The number of amides is 1. The summed E-state index contributed by atoms with van der Waals surface area (Å²) >= 11 is 0. The van der Waals surface area contributed by atoms with Crippen LogP contribution in [0.3, 0.4) is 0 Å². The van der Waals surface area contributed by atoms with Gasteiger partial charge >= 0.3 is 0 Å². The SMILES string of the molecule is O=C(NCCn1nc(-c2ccc(F)cc2)cc1-c1cccnc1)c1ccccn1. The van der Waals surface area contributed by atoms with Crippen LogP contribution in [0.4, 0.5) is 4.39 Å². The van der Waals surface area contributed by atoms with Crippen molar-refractivity contribution in [3.05, 3.63) is 90.8 Å². The first-order valence-corrected chi connectivity index (χ1v) is 9.14. The van der Waals surface area contributed by atoms with E-state index in [4.69, 9.17) is 0 Å². The summed E-state index contributed by atoms with van der Waals surface area (Å²) in [6.07, 6.45) is 5.05. The van der Waals surface area contributed by atoms with Crippen LogP contribution in [0.2, 0.25) is 0 Å². The van der Waals surface area contributed by atoms with Gasteiger partial charge in [-0.15, -0.1) is 0 Å². The van der Waals surface area contributed by atoms with Crippen LogP contribution in [0, 0.1) is 5.82 Å². The Labute approximate surface area is 167 Å². The monoisotopic (exact) mass is 387 g/mol. The molecule has 4 aromatic rings. The fraction of sp³-hybridized carbons (Fsp3) is 0.0909. The van der Waals surface area contributed by atoms with Crippen molar-refractivity contribution in [2.75, 3.05) is 6.54 Å². The largest absolute Gasteiger partial charge is 0.349 e. The van der Waals surface area contributed by atoms with Crippen LogP contribution >= 0.6 is 0 Å². The molecule has 0 fully saturated rings. The number of benzene rings is 1. The number of carbonyl (C=O) groups is 1. The van der Waals surface area contributed by atoms with Crippen molar-refractivity contribution in [1.29, 1.82) is 0 Å². The highest BCUT2D eigenvalue weighted by Crippen LogP contribution is 2.25. The second-order valence-electron chi connectivity index (χ2n) is 6.36. The van der Waals surface area contributed by atoms with Gasteiger partial charge in [-0.25, -0.2) is 4.39 Å². The standard InChI is InChI=1S/C22H18FN5O/c23-18-8-6-16(7-9-18)20-14-21(17-4-3-10-24-15-17)28(27-20)13-12-26-22(29)19-5-1-2-11-25-19/h1-11,14-15H,12-13H2,(H,26,29). The summed E-state index contributed by atoms with van der Waals surface area (Å²) in [5, 5.41) is 7.51. The molecule has 1 amide bonds. The first-order valence-electron chi connectivity index (χ1n) is 9.14. The number of pyridine rings is 2. The van der Waals surface area contributed by atoms with E-state index >= 15 is 0 Å². The quantitative estimate of drug-likeness (QED) is 0.549. The van der Waals surface area contributed by atoms with Crippen LogP contribution in [-0.4, -0.2) is 32.2 Å². The molecule has 0 saturated heterocycles. The van der Waals surface area contributed by atoms with E-state index in [9.17, 15) is 9.18 Å². The van der Waals surface area contributed by atoms with Gasteiger partial charge in [-0.1, -0.05) is 6.07 Å². The molecule has 0 aliphatic heterocycles. The maximum absolute atomic E-state index is 13.3. The lowest BCUT2D eigenvalue weighted by atomic mass is 10.1. The highest BCUT2D eigenvalue weighted by atomic mass is 19.1. The van der Waals surface area contributed by atoms with E-state index < -0.39 is 0 Å². The summed E-state index contributed by atoms with van der Waals surface area (Å²) in [6.45, 7) is 0.844. The van der Waals surface area contributed by atoms with Gasteiger partial charge in [0.05, 0.1) is 17.9 Å². The Morgan fingerprint density at radius 3 is 2.59 bits per heavy atom. The molecule has 7 heteroatoms. The third-order valence-electron chi connectivity index (χ3n) is 4.38. The number of hydrogen-bond donors (Lipinski definition) is 1. The molecule has 0 aliphatic rings. The van der Waals surface area contributed by atoms with Gasteiger partial charge in [0, 0.05) is 36.3 Å². The number of halogens is 1. The van der Waals surface area contributed by atoms with Crippen molar-refractivity contribution in [3.8, 4) is 22.5 Å². The molecular formula is C22H18FN5O. The summed E-state index contributed by atoms with van der Waals surface area (Å²) in [7, 11) is 0. The van der Waals surface area contributed by atoms with Crippen LogP contribution in [0.1, 0.15) is 10.5 Å². The lowest BCUT2D eigenvalue weighted by molar-refractivity contribution is 0.0947. The second kappa shape index (κ2) is 8.43. The molecule has 0 bridgehead atoms. The van der Waals surface area contributed by atoms with E-state index in [-0.39, 0.29) is 11.7 Å². The van der Waals surface area contributed by atoms with Crippen molar-refractivity contribution in [1.82, 2.24) is 25.1 Å². The topological polar surface area (TPSA) is 72.7 Å². The molecule has 29 heavy (non-hydrogen) atoms. The van der Waals surface area contributed by atoms with Crippen molar-refractivity contribution in [3.63, 3.8) is 0 Å². The Bertz CT molecular complexity index is 1100. The van der Waals surface area contributed by atoms with Crippen molar-refractivity contribution in [2.24, 2.45) is 0 Å². The van der Waals surface area contributed by atoms with Gasteiger partial charge in [0.15, 0.2) is 0 Å². The molecule has 0 unspecified atom stereocenters. The van der Waals surface area contributed by atoms with Gasteiger partial charge in [-0.05, 0) is 54.6 Å². The van der Waals surface area contributed by atoms with Crippen LogP contribution in [0.15, 0.2) is 79.3 Å². The Morgan fingerprint density at radius 1 is 1.00 bits per heavy atom. The third kappa shape index (κ3) is 4.35. The Morgan fingerprint density at radius 2 is 1.86 bits per heavy atom. The molecule has 144 valence electrons. The Hall–Kier alpha value is -3.87. The van der Waals surface area contributed by atoms with Crippen LogP contribution in [0.25, 0.3) is 22.5 Å². The molecular weight excluding hydrogens is 369 g/mol. The minimum atomic E-state index is -0.294. The Balaban J connectivity index is 1.56. The molecule has 0 saturated carbocycles. The molecule has 1 N–H and O–H groups in total. The molecule has 0 atom stereocenters. The molecule has 0 radical (unpaired) electrons. The number of aromatic nitrogens is 4. The van der Waals surface area contributed by atoms with Gasteiger partial charge in [0.25, 0.3) is 5.91 Å². The maximum atomic E-state index is 13.3. The number of hydrogen-bond acceptors (Lipinski definition) is 4. The molecule has 1 aromatic carbocycles. The van der Waals surface area contributed by atoms with Crippen LogP contribution in [-0.2, 0) is 6.54 Å². The Kier molecular flexibility index (Phi) is 5.38. The molecule has 6 nitrogen and oxygen atoms in total. The van der Waals surface area contributed by atoms with Crippen molar-refractivity contribution in [2.45, 2.75) is 6.54 Å². The average Bonchev–Trinajstić information content (AvgIpc) is 3.19. The van der Waals surface area contributed by atoms with Crippen LogP contribution in [0.5, 0.6) is 0 Å². The van der Waals surface area contributed by atoms with Crippen molar-refractivity contribution >= 4 is 5.91 Å².